The molecule has 1 N–H and O–H groups in total. The van der Waals surface area contributed by atoms with Crippen molar-refractivity contribution in [1.82, 2.24) is 15.1 Å². The van der Waals surface area contributed by atoms with Gasteiger partial charge < -0.3 is 10.2 Å². The average molecular weight is 361 g/mol. The van der Waals surface area contributed by atoms with Crippen LogP contribution in [0.4, 0.5) is 4.39 Å². The molecule has 0 spiro atoms. The molecule has 0 radical (unpaired) electrons. The predicted octanol–water partition coefficient (Wildman–Crippen LogP) is 2.16. The maximum absolute atomic E-state index is 13.2. The summed E-state index contributed by atoms with van der Waals surface area (Å²) in [5.74, 6) is 0.142. The fourth-order valence-electron chi connectivity index (χ4n) is 3.45. The molecule has 2 aliphatic rings. The predicted molar refractivity (Wildman–Crippen MR) is 97.8 cm³/mol. The number of rotatable bonds is 6. The van der Waals surface area contributed by atoms with Crippen LogP contribution in [-0.4, -0.2) is 53.3 Å². The van der Waals surface area contributed by atoms with Gasteiger partial charge in [0.15, 0.2) is 0 Å². The quantitative estimate of drug-likeness (QED) is 0.845. The Morgan fingerprint density at radius 1 is 1.27 bits per heavy atom. The van der Waals surface area contributed by atoms with Crippen molar-refractivity contribution in [3.05, 3.63) is 35.6 Å². The highest BCUT2D eigenvalue weighted by molar-refractivity contribution is 5.79. The number of carbonyl (C=O) groups is 2. The lowest BCUT2D eigenvalue weighted by molar-refractivity contribution is -0.134. The SMILES string of the molecule is CC(C)[C@@H]1CN(CC(=O)NC2CC2)CCC(=O)N1Cc1ccc(F)cc1. The minimum Gasteiger partial charge on any atom is -0.352 e. The molecule has 3 rings (SSSR count). The third kappa shape index (κ3) is 5.04. The van der Waals surface area contributed by atoms with Crippen molar-refractivity contribution in [2.24, 2.45) is 5.92 Å². The fourth-order valence-corrected chi connectivity index (χ4v) is 3.45. The van der Waals surface area contributed by atoms with E-state index in [1.54, 1.807) is 12.1 Å². The van der Waals surface area contributed by atoms with Crippen LogP contribution in [-0.2, 0) is 16.1 Å². The van der Waals surface area contributed by atoms with Crippen LogP contribution in [0.25, 0.3) is 0 Å². The molecule has 1 aromatic rings. The number of benzene rings is 1. The van der Waals surface area contributed by atoms with Crippen LogP contribution in [0.1, 0.15) is 38.7 Å². The lowest BCUT2D eigenvalue weighted by Gasteiger charge is -2.34. The van der Waals surface area contributed by atoms with Gasteiger partial charge in [0.25, 0.3) is 0 Å². The molecule has 2 fully saturated rings. The molecule has 1 heterocycles. The van der Waals surface area contributed by atoms with Crippen molar-refractivity contribution in [3.63, 3.8) is 0 Å². The summed E-state index contributed by atoms with van der Waals surface area (Å²) >= 11 is 0. The van der Waals surface area contributed by atoms with Crippen LogP contribution in [0.5, 0.6) is 0 Å². The number of amides is 2. The highest BCUT2D eigenvalue weighted by Gasteiger charge is 2.33. The van der Waals surface area contributed by atoms with Crippen LogP contribution < -0.4 is 5.32 Å². The third-order valence-electron chi connectivity index (χ3n) is 5.15. The van der Waals surface area contributed by atoms with Crippen molar-refractivity contribution in [1.29, 1.82) is 0 Å². The van der Waals surface area contributed by atoms with Crippen molar-refractivity contribution in [3.8, 4) is 0 Å². The Hall–Kier alpha value is -1.95. The molecule has 1 aromatic carbocycles. The van der Waals surface area contributed by atoms with Crippen molar-refractivity contribution in [2.75, 3.05) is 19.6 Å². The van der Waals surface area contributed by atoms with E-state index in [1.165, 1.54) is 12.1 Å². The summed E-state index contributed by atoms with van der Waals surface area (Å²) in [6.07, 6.45) is 2.55. The summed E-state index contributed by atoms with van der Waals surface area (Å²) in [7, 11) is 0. The summed E-state index contributed by atoms with van der Waals surface area (Å²) in [5, 5.41) is 3.02. The lowest BCUT2D eigenvalue weighted by Crippen LogP contribution is -2.47. The molecule has 1 aliphatic carbocycles. The second-order valence-corrected chi connectivity index (χ2v) is 7.79. The molecular formula is C20H28FN3O2. The first-order valence-corrected chi connectivity index (χ1v) is 9.48. The molecule has 26 heavy (non-hydrogen) atoms. The molecule has 0 unspecified atom stereocenters. The van der Waals surface area contributed by atoms with Gasteiger partial charge >= 0.3 is 0 Å². The first-order chi connectivity index (χ1) is 12.4. The zero-order valence-corrected chi connectivity index (χ0v) is 15.6. The highest BCUT2D eigenvalue weighted by atomic mass is 19.1. The Morgan fingerprint density at radius 2 is 1.96 bits per heavy atom. The molecule has 1 aliphatic heterocycles. The van der Waals surface area contributed by atoms with E-state index in [0.717, 1.165) is 18.4 Å². The van der Waals surface area contributed by atoms with E-state index >= 15 is 0 Å². The second kappa shape index (κ2) is 8.16. The topological polar surface area (TPSA) is 52.7 Å². The summed E-state index contributed by atoms with van der Waals surface area (Å²) in [6, 6.07) is 6.70. The molecule has 1 saturated carbocycles. The van der Waals surface area contributed by atoms with Crippen molar-refractivity contribution < 1.29 is 14.0 Å². The summed E-state index contributed by atoms with van der Waals surface area (Å²) in [5.41, 5.74) is 0.922. The number of hydrogen-bond donors (Lipinski definition) is 1. The number of nitrogens with zero attached hydrogens (tertiary/aromatic N) is 2. The monoisotopic (exact) mass is 361 g/mol. The van der Waals surface area contributed by atoms with Gasteiger partial charge in [-0.2, -0.15) is 0 Å². The Kier molecular flexibility index (Phi) is 5.91. The Morgan fingerprint density at radius 3 is 2.58 bits per heavy atom. The fraction of sp³-hybridized carbons (Fsp3) is 0.600. The van der Waals surface area contributed by atoms with Gasteiger partial charge in [0.1, 0.15) is 5.82 Å². The molecule has 1 atom stereocenters. The van der Waals surface area contributed by atoms with Crippen LogP contribution >= 0.6 is 0 Å². The summed E-state index contributed by atoms with van der Waals surface area (Å²) in [4.78, 5) is 28.9. The molecule has 0 aromatic heterocycles. The number of carbonyl (C=O) groups excluding carboxylic acids is 2. The maximum Gasteiger partial charge on any atom is 0.234 e. The Labute approximate surface area is 154 Å². The van der Waals surface area contributed by atoms with Crippen LogP contribution in [0.3, 0.4) is 0 Å². The second-order valence-electron chi connectivity index (χ2n) is 7.79. The zero-order valence-electron chi connectivity index (χ0n) is 15.6. The number of halogens is 1. The van der Waals surface area contributed by atoms with Crippen molar-refractivity contribution in [2.45, 2.75) is 51.7 Å². The highest BCUT2D eigenvalue weighted by Crippen LogP contribution is 2.22. The zero-order chi connectivity index (χ0) is 18.7. The number of nitrogens with one attached hydrogen (secondary N) is 1. The van der Waals surface area contributed by atoms with E-state index < -0.39 is 0 Å². The summed E-state index contributed by atoms with van der Waals surface area (Å²) in [6.45, 7) is 6.30. The molecule has 2 amide bonds. The first-order valence-electron chi connectivity index (χ1n) is 9.48. The third-order valence-corrected chi connectivity index (χ3v) is 5.15. The van der Waals surface area contributed by atoms with Gasteiger partial charge in [0, 0.05) is 38.1 Å². The molecule has 6 heteroatoms. The average Bonchev–Trinajstić information content (AvgIpc) is 3.41. The molecule has 1 saturated heterocycles. The van der Waals surface area contributed by atoms with Gasteiger partial charge in [-0.05, 0) is 36.5 Å². The Balaban J connectivity index is 1.68. The van der Waals surface area contributed by atoms with Gasteiger partial charge in [0.05, 0.1) is 6.54 Å². The van der Waals surface area contributed by atoms with E-state index in [0.29, 0.717) is 38.6 Å². The number of hydrogen-bond acceptors (Lipinski definition) is 3. The van der Waals surface area contributed by atoms with Crippen LogP contribution in [0.2, 0.25) is 0 Å². The lowest BCUT2D eigenvalue weighted by atomic mass is 10.0. The van der Waals surface area contributed by atoms with Gasteiger partial charge in [-0.1, -0.05) is 26.0 Å². The van der Waals surface area contributed by atoms with E-state index in [1.807, 2.05) is 4.90 Å². The van der Waals surface area contributed by atoms with E-state index in [-0.39, 0.29) is 29.6 Å². The van der Waals surface area contributed by atoms with Gasteiger partial charge in [-0.3, -0.25) is 14.5 Å². The molecular weight excluding hydrogens is 333 g/mol. The van der Waals surface area contributed by atoms with E-state index in [9.17, 15) is 14.0 Å². The first kappa shape index (κ1) is 18.8. The normalized spacial score (nSPS) is 21.8. The van der Waals surface area contributed by atoms with Crippen molar-refractivity contribution >= 4 is 11.8 Å². The van der Waals surface area contributed by atoms with Gasteiger partial charge in [-0.15, -0.1) is 0 Å². The molecule has 5 nitrogen and oxygen atoms in total. The Bertz CT molecular complexity index is 643. The smallest absolute Gasteiger partial charge is 0.234 e. The van der Waals surface area contributed by atoms with Gasteiger partial charge in [-0.25, -0.2) is 4.39 Å². The maximum atomic E-state index is 13.2. The van der Waals surface area contributed by atoms with Gasteiger partial charge in [0.2, 0.25) is 11.8 Å². The largest absolute Gasteiger partial charge is 0.352 e. The van der Waals surface area contributed by atoms with E-state index in [4.69, 9.17) is 0 Å². The summed E-state index contributed by atoms with van der Waals surface area (Å²) < 4.78 is 13.2. The minimum atomic E-state index is -0.274. The standard InChI is InChI=1S/C20H28FN3O2/c1-14(2)18-12-23(13-19(25)22-17-7-8-17)10-9-20(26)24(18)11-15-3-5-16(21)6-4-15/h3-6,14,17-18H,7-13H2,1-2H3,(H,22,25)/t18-/m0/s1. The van der Waals surface area contributed by atoms with Crippen LogP contribution in [0, 0.1) is 11.7 Å². The minimum absolute atomic E-state index is 0.0313. The molecule has 142 valence electrons. The van der Waals surface area contributed by atoms with Crippen LogP contribution in [0.15, 0.2) is 24.3 Å². The molecule has 0 bridgehead atoms. The van der Waals surface area contributed by atoms with E-state index in [2.05, 4.69) is 24.1 Å².